The van der Waals surface area contributed by atoms with E-state index < -0.39 is 0 Å². The van der Waals surface area contributed by atoms with Crippen molar-refractivity contribution in [2.75, 3.05) is 13.1 Å². The third kappa shape index (κ3) is 6.93. The van der Waals surface area contributed by atoms with E-state index in [4.69, 9.17) is 4.42 Å². The van der Waals surface area contributed by atoms with Gasteiger partial charge >= 0.3 is 0 Å². The number of nitrogens with zero attached hydrogens (tertiary/aromatic N) is 1. The van der Waals surface area contributed by atoms with Crippen LogP contribution in [0.4, 0.5) is 0 Å². The molecule has 2 amide bonds. The van der Waals surface area contributed by atoms with Crippen LogP contribution in [0, 0.1) is 0 Å². The highest BCUT2D eigenvalue weighted by atomic mass is 16.3. The number of rotatable bonds is 11. The number of nitrogens with one attached hydrogen (secondary N) is 1. The highest BCUT2D eigenvalue weighted by Crippen LogP contribution is 2.27. The number of furan rings is 1. The first-order valence-electron chi connectivity index (χ1n) is 11.9. The van der Waals surface area contributed by atoms with Crippen LogP contribution in [0.1, 0.15) is 45.8 Å². The second kappa shape index (κ2) is 12.4. The Kier molecular flexibility index (Phi) is 8.49. The molecule has 0 fully saturated rings. The molecule has 1 heterocycles. The molecular weight excluding hydrogens is 436 g/mol. The SMILES string of the molecule is O=C(CCN(Cc1ccccc1)C(=O)c1ccoc1)NCCC(c1ccccc1)c1ccccc1. The standard InChI is InChI=1S/C30H30N2O3/c33-29(31-19-16-28(25-12-6-2-7-13-25)26-14-8-3-9-15-26)17-20-32(22-24-10-4-1-5-11-24)30(34)27-18-21-35-23-27/h1-15,18,21,23,28H,16-17,19-20,22H2,(H,31,33). The van der Waals surface area contributed by atoms with Crippen molar-refractivity contribution in [3.05, 3.63) is 132 Å². The minimum absolute atomic E-state index is 0.0667. The van der Waals surface area contributed by atoms with E-state index in [9.17, 15) is 9.59 Å². The summed E-state index contributed by atoms with van der Waals surface area (Å²) in [5.74, 6) is -0.0125. The third-order valence-corrected chi connectivity index (χ3v) is 6.04. The molecule has 0 saturated carbocycles. The average molecular weight is 467 g/mol. The zero-order valence-corrected chi connectivity index (χ0v) is 19.7. The Morgan fingerprint density at radius 2 is 1.40 bits per heavy atom. The molecule has 3 aromatic carbocycles. The molecule has 5 nitrogen and oxygen atoms in total. The zero-order chi connectivity index (χ0) is 24.3. The van der Waals surface area contributed by atoms with Gasteiger partial charge in [0.25, 0.3) is 5.91 Å². The largest absolute Gasteiger partial charge is 0.472 e. The minimum atomic E-state index is -0.149. The van der Waals surface area contributed by atoms with Crippen LogP contribution in [0.25, 0.3) is 0 Å². The fourth-order valence-electron chi connectivity index (χ4n) is 4.20. The predicted octanol–water partition coefficient (Wildman–Crippen LogP) is 5.65. The maximum Gasteiger partial charge on any atom is 0.257 e. The summed E-state index contributed by atoms with van der Waals surface area (Å²) in [5.41, 5.74) is 3.95. The van der Waals surface area contributed by atoms with Crippen LogP contribution in [-0.2, 0) is 11.3 Å². The number of hydrogen-bond acceptors (Lipinski definition) is 3. The quantitative estimate of drug-likeness (QED) is 0.311. The first kappa shape index (κ1) is 24.0. The van der Waals surface area contributed by atoms with Crippen molar-refractivity contribution in [2.45, 2.75) is 25.3 Å². The monoisotopic (exact) mass is 466 g/mol. The van der Waals surface area contributed by atoms with E-state index in [-0.39, 0.29) is 24.2 Å². The van der Waals surface area contributed by atoms with Gasteiger partial charge < -0.3 is 14.6 Å². The Hall–Kier alpha value is -4.12. The normalized spacial score (nSPS) is 10.8. The van der Waals surface area contributed by atoms with Gasteiger partial charge in [0.05, 0.1) is 11.8 Å². The first-order chi connectivity index (χ1) is 17.2. The molecular formula is C30H30N2O3. The maximum atomic E-state index is 13.0. The van der Waals surface area contributed by atoms with Crippen molar-refractivity contribution in [1.29, 1.82) is 0 Å². The van der Waals surface area contributed by atoms with Crippen molar-refractivity contribution in [2.24, 2.45) is 0 Å². The van der Waals surface area contributed by atoms with Crippen molar-refractivity contribution >= 4 is 11.8 Å². The molecule has 1 aromatic heterocycles. The maximum absolute atomic E-state index is 13.0. The average Bonchev–Trinajstić information content (AvgIpc) is 3.45. The minimum Gasteiger partial charge on any atom is -0.472 e. The van der Waals surface area contributed by atoms with E-state index in [2.05, 4.69) is 29.6 Å². The first-order valence-corrected chi connectivity index (χ1v) is 11.9. The highest BCUT2D eigenvalue weighted by molar-refractivity contribution is 5.94. The van der Waals surface area contributed by atoms with Crippen LogP contribution in [0.5, 0.6) is 0 Å². The van der Waals surface area contributed by atoms with Crippen molar-refractivity contribution < 1.29 is 14.0 Å². The van der Waals surface area contributed by atoms with Gasteiger partial charge in [-0.05, 0) is 29.2 Å². The van der Waals surface area contributed by atoms with Crippen molar-refractivity contribution in [3.63, 3.8) is 0 Å². The lowest BCUT2D eigenvalue weighted by Crippen LogP contribution is -2.35. The number of benzene rings is 3. The van der Waals surface area contributed by atoms with Gasteiger partial charge in [0.15, 0.2) is 0 Å². The van der Waals surface area contributed by atoms with Gasteiger partial charge in [-0.2, -0.15) is 0 Å². The number of hydrogen-bond donors (Lipinski definition) is 1. The second-order valence-corrected chi connectivity index (χ2v) is 8.49. The molecule has 0 atom stereocenters. The fourth-order valence-corrected chi connectivity index (χ4v) is 4.20. The van der Waals surface area contributed by atoms with E-state index in [0.717, 1.165) is 12.0 Å². The van der Waals surface area contributed by atoms with Gasteiger partial charge in [0, 0.05) is 32.0 Å². The molecule has 4 aromatic rings. The molecule has 0 unspecified atom stereocenters. The van der Waals surface area contributed by atoms with E-state index in [1.165, 1.54) is 23.7 Å². The Labute approximate surface area is 206 Å². The molecule has 0 aliphatic rings. The summed E-state index contributed by atoms with van der Waals surface area (Å²) >= 11 is 0. The predicted molar refractivity (Wildman–Crippen MR) is 137 cm³/mol. The van der Waals surface area contributed by atoms with Crippen LogP contribution in [0.2, 0.25) is 0 Å². The molecule has 4 rings (SSSR count). The molecule has 0 aliphatic carbocycles. The van der Waals surface area contributed by atoms with Crippen LogP contribution in [0.15, 0.2) is 114 Å². The molecule has 0 spiro atoms. The lowest BCUT2D eigenvalue weighted by atomic mass is 9.88. The topological polar surface area (TPSA) is 62.6 Å². The van der Waals surface area contributed by atoms with E-state index in [1.807, 2.05) is 66.7 Å². The summed E-state index contributed by atoms with van der Waals surface area (Å²) in [5, 5.41) is 3.05. The van der Waals surface area contributed by atoms with Crippen molar-refractivity contribution in [3.8, 4) is 0 Å². The lowest BCUT2D eigenvalue weighted by molar-refractivity contribution is -0.121. The van der Waals surface area contributed by atoms with E-state index in [1.54, 1.807) is 11.0 Å². The van der Waals surface area contributed by atoms with Gasteiger partial charge in [0.2, 0.25) is 5.91 Å². The van der Waals surface area contributed by atoms with Gasteiger partial charge in [-0.1, -0.05) is 91.0 Å². The summed E-state index contributed by atoms with van der Waals surface area (Å²) < 4.78 is 5.08. The number of carbonyl (C=O) groups is 2. The molecule has 5 heteroatoms. The molecule has 0 radical (unpaired) electrons. The van der Waals surface area contributed by atoms with E-state index >= 15 is 0 Å². The zero-order valence-electron chi connectivity index (χ0n) is 19.7. The summed E-state index contributed by atoms with van der Waals surface area (Å²) in [4.78, 5) is 27.4. The summed E-state index contributed by atoms with van der Waals surface area (Å²) in [6.07, 6.45) is 3.95. The van der Waals surface area contributed by atoms with Gasteiger partial charge in [-0.15, -0.1) is 0 Å². The summed E-state index contributed by atoms with van der Waals surface area (Å²) in [7, 11) is 0. The van der Waals surface area contributed by atoms with Crippen LogP contribution in [-0.4, -0.2) is 29.8 Å². The molecule has 178 valence electrons. The molecule has 35 heavy (non-hydrogen) atoms. The summed E-state index contributed by atoms with van der Waals surface area (Å²) in [6, 6.07) is 32.1. The van der Waals surface area contributed by atoms with Gasteiger partial charge in [-0.3, -0.25) is 9.59 Å². The molecule has 1 N–H and O–H groups in total. The Morgan fingerprint density at radius 1 is 0.800 bits per heavy atom. The van der Waals surface area contributed by atoms with Crippen LogP contribution in [0.3, 0.4) is 0 Å². The van der Waals surface area contributed by atoms with Crippen molar-refractivity contribution in [1.82, 2.24) is 10.2 Å². The Morgan fingerprint density at radius 3 is 1.97 bits per heavy atom. The summed E-state index contributed by atoms with van der Waals surface area (Å²) in [6.45, 7) is 1.31. The smallest absolute Gasteiger partial charge is 0.257 e. The molecule has 0 bridgehead atoms. The van der Waals surface area contributed by atoms with Gasteiger partial charge in [-0.25, -0.2) is 0 Å². The van der Waals surface area contributed by atoms with E-state index in [0.29, 0.717) is 25.2 Å². The molecule has 0 saturated heterocycles. The fraction of sp³-hybridized carbons (Fsp3) is 0.200. The number of amides is 2. The highest BCUT2D eigenvalue weighted by Gasteiger charge is 2.19. The van der Waals surface area contributed by atoms with Crippen LogP contribution >= 0.6 is 0 Å². The van der Waals surface area contributed by atoms with Crippen LogP contribution < -0.4 is 5.32 Å². The lowest BCUT2D eigenvalue weighted by Gasteiger charge is -2.22. The number of carbonyl (C=O) groups excluding carboxylic acids is 2. The Balaban J connectivity index is 1.34. The third-order valence-electron chi connectivity index (χ3n) is 6.04. The Bertz CT molecular complexity index is 1140. The molecule has 0 aliphatic heterocycles. The second-order valence-electron chi connectivity index (χ2n) is 8.49. The van der Waals surface area contributed by atoms with Gasteiger partial charge in [0.1, 0.15) is 6.26 Å².